The molecule has 8 heteroatoms. The number of amides is 2. The topological polar surface area (TPSA) is 87.5 Å². The van der Waals surface area contributed by atoms with Crippen LogP contribution in [0.25, 0.3) is 16.6 Å². The minimum absolute atomic E-state index is 0.0108. The Morgan fingerprint density at radius 3 is 2.40 bits per heavy atom. The Balaban J connectivity index is 1.62. The van der Waals surface area contributed by atoms with Gasteiger partial charge in [0, 0.05) is 11.4 Å². The lowest BCUT2D eigenvalue weighted by molar-refractivity contribution is 0.0697. The highest BCUT2D eigenvalue weighted by Crippen LogP contribution is 2.35. The van der Waals surface area contributed by atoms with Crippen molar-refractivity contribution in [1.29, 1.82) is 0 Å². The Morgan fingerprint density at radius 2 is 1.69 bits per heavy atom. The SMILES string of the molecule is O=C(O)c1ccc(NC(=O)N(c2c3ccccc3nn2-c2ccccc2)C2CCCCC2)c(Cl)c1. The van der Waals surface area contributed by atoms with Crippen molar-refractivity contribution in [3.8, 4) is 5.69 Å². The summed E-state index contributed by atoms with van der Waals surface area (Å²) in [7, 11) is 0. The van der Waals surface area contributed by atoms with Gasteiger partial charge in [0.1, 0.15) is 5.82 Å². The Bertz CT molecular complexity index is 1380. The molecule has 0 aliphatic heterocycles. The van der Waals surface area contributed by atoms with E-state index in [-0.39, 0.29) is 22.7 Å². The summed E-state index contributed by atoms with van der Waals surface area (Å²) in [6.07, 6.45) is 4.99. The van der Waals surface area contributed by atoms with E-state index >= 15 is 0 Å². The molecule has 178 valence electrons. The summed E-state index contributed by atoms with van der Waals surface area (Å²) >= 11 is 6.34. The van der Waals surface area contributed by atoms with Gasteiger partial charge in [-0.25, -0.2) is 14.3 Å². The van der Waals surface area contributed by atoms with Crippen LogP contribution in [-0.4, -0.2) is 32.9 Å². The average molecular weight is 489 g/mol. The normalized spacial score (nSPS) is 14.1. The number of carboxylic acid groups (broad SMARTS) is 1. The van der Waals surface area contributed by atoms with Crippen LogP contribution in [0.4, 0.5) is 16.3 Å². The standard InChI is InChI=1S/C27H25ClN4O3/c28-22-17-18(26(33)34)15-16-24(22)29-27(35)31(19-9-3-1-4-10-19)25-21-13-7-8-14-23(21)30-32(25)20-11-5-2-6-12-20/h2,5-8,11-17,19H,1,3-4,9-10H2,(H,29,35)(H,33,34). The summed E-state index contributed by atoms with van der Waals surface area (Å²) in [6.45, 7) is 0. The van der Waals surface area contributed by atoms with E-state index in [1.807, 2.05) is 64.2 Å². The lowest BCUT2D eigenvalue weighted by atomic mass is 9.94. The van der Waals surface area contributed by atoms with Crippen molar-refractivity contribution in [3.05, 3.63) is 83.4 Å². The van der Waals surface area contributed by atoms with Crippen LogP contribution in [0.5, 0.6) is 0 Å². The molecule has 1 aliphatic carbocycles. The number of aromatic carboxylic acids is 1. The number of carbonyl (C=O) groups is 2. The van der Waals surface area contributed by atoms with Crippen LogP contribution >= 0.6 is 11.6 Å². The molecule has 35 heavy (non-hydrogen) atoms. The van der Waals surface area contributed by atoms with Gasteiger partial charge in [0.15, 0.2) is 0 Å². The van der Waals surface area contributed by atoms with E-state index in [1.54, 1.807) is 0 Å². The number of carboxylic acids is 1. The van der Waals surface area contributed by atoms with Crippen LogP contribution in [0.2, 0.25) is 5.02 Å². The molecule has 0 radical (unpaired) electrons. The number of benzene rings is 3. The number of nitrogens with one attached hydrogen (secondary N) is 1. The van der Waals surface area contributed by atoms with Gasteiger partial charge in [0.2, 0.25) is 0 Å². The zero-order valence-electron chi connectivity index (χ0n) is 19.0. The van der Waals surface area contributed by atoms with Crippen molar-refractivity contribution in [1.82, 2.24) is 9.78 Å². The highest BCUT2D eigenvalue weighted by Gasteiger charge is 2.32. The van der Waals surface area contributed by atoms with Gasteiger partial charge in [-0.2, -0.15) is 5.10 Å². The molecule has 5 rings (SSSR count). The van der Waals surface area contributed by atoms with Gasteiger partial charge in [0.25, 0.3) is 0 Å². The molecule has 7 nitrogen and oxygen atoms in total. The quantitative estimate of drug-likeness (QED) is 0.325. The van der Waals surface area contributed by atoms with E-state index in [4.69, 9.17) is 16.7 Å². The Labute approximate surface area is 207 Å². The van der Waals surface area contributed by atoms with Crippen LogP contribution in [0.1, 0.15) is 42.5 Å². The fourth-order valence-electron chi connectivity index (χ4n) is 4.70. The summed E-state index contributed by atoms with van der Waals surface area (Å²) in [5.74, 6) is -0.374. The second-order valence-electron chi connectivity index (χ2n) is 8.68. The van der Waals surface area contributed by atoms with Gasteiger partial charge in [-0.15, -0.1) is 0 Å². The zero-order chi connectivity index (χ0) is 24.4. The fraction of sp³-hybridized carbons (Fsp3) is 0.222. The molecule has 2 N–H and O–H groups in total. The minimum Gasteiger partial charge on any atom is -0.478 e. The van der Waals surface area contributed by atoms with Gasteiger partial charge < -0.3 is 10.4 Å². The summed E-state index contributed by atoms with van der Waals surface area (Å²) in [6, 6.07) is 21.5. The Morgan fingerprint density at radius 1 is 0.971 bits per heavy atom. The molecule has 0 unspecified atom stereocenters. The van der Waals surface area contributed by atoms with Gasteiger partial charge in [-0.3, -0.25) is 4.90 Å². The van der Waals surface area contributed by atoms with Crippen molar-refractivity contribution in [2.45, 2.75) is 38.1 Å². The van der Waals surface area contributed by atoms with Gasteiger partial charge in [-0.05, 0) is 55.3 Å². The summed E-state index contributed by atoms with van der Waals surface area (Å²) < 4.78 is 1.83. The van der Waals surface area contributed by atoms with Gasteiger partial charge in [0.05, 0.1) is 27.5 Å². The largest absolute Gasteiger partial charge is 0.478 e. The third-order valence-electron chi connectivity index (χ3n) is 6.40. The van der Waals surface area contributed by atoms with Crippen LogP contribution in [0.3, 0.4) is 0 Å². The number of anilines is 2. The predicted molar refractivity (Wildman–Crippen MR) is 138 cm³/mol. The van der Waals surface area contributed by atoms with Gasteiger partial charge in [-0.1, -0.05) is 61.2 Å². The molecule has 3 aromatic carbocycles. The number of halogens is 1. The molecule has 1 aromatic heterocycles. The molecule has 1 heterocycles. The number of nitrogens with zero attached hydrogens (tertiary/aromatic N) is 3. The highest BCUT2D eigenvalue weighted by molar-refractivity contribution is 6.34. The van der Waals surface area contributed by atoms with Gasteiger partial charge >= 0.3 is 12.0 Å². The maximum atomic E-state index is 13.9. The maximum Gasteiger partial charge on any atom is 0.335 e. The number of para-hydroxylation sites is 1. The molecular formula is C27H25ClN4O3. The van der Waals surface area contributed by atoms with E-state index in [0.717, 1.165) is 48.7 Å². The fourth-order valence-corrected chi connectivity index (χ4v) is 4.93. The van der Waals surface area contributed by atoms with Crippen LogP contribution in [0, 0.1) is 0 Å². The second-order valence-corrected chi connectivity index (χ2v) is 9.09. The summed E-state index contributed by atoms with van der Waals surface area (Å²) in [4.78, 5) is 27.0. The van der Waals surface area contributed by atoms with E-state index in [1.165, 1.54) is 18.2 Å². The molecule has 0 atom stereocenters. The van der Waals surface area contributed by atoms with Crippen molar-refractivity contribution in [2.24, 2.45) is 0 Å². The first kappa shape index (κ1) is 22.9. The van der Waals surface area contributed by atoms with E-state index in [9.17, 15) is 14.7 Å². The number of fused-ring (bicyclic) bond motifs is 1. The number of rotatable bonds is 5. The molecule has 0 saturated heterocycles. The Kier molecular flexibility index (Phi) is 6.42. The summed E-state index contributed by atoms with van der Waals surface area (Å²) in [5, 5.41) is 18.1. The zero-order valence-corrected chi connectivity index (χ0v) is 19.8. The highest BCUT2D eigenvalue weighted by atomic mass is 35.5. The number of hydrogen-bond acceptors (Lipinski definition) is 3. The molecular weight excluding hydrogens is 464 g/mol. The first-order chi connectivity index (χ1) is 17.0. The minimum atomic E-state index is -1.08. The smallest absolute Gasteiger partial charge is 0.335 e. The van der Waals surface area contributed by atoms with Crippen molar-refractivity contribution < 1.29 is 14.7 Å². The third kappa shape index (κ3) is 4.59. The number of carbonyl (C=O) groups excluding carboxylic acids is 1. The van der Waals surface area contributed by atoms with E-state index in [2.05, 4.69) is 5.32 Å². The van der Waals surface area contributed by atoms with E-state index < -0.39 is 5.97 Å². The van der Waals surface area contributed by atoms with Crippen molar-refractivity contribution >= 4 is 46.0 Å². The lowest BCUT2D eigenvalue weighted by Gasteiger charge is -2.34. The van der Waals surface area contributed by atoms with Crippen molar-refractivity contribution in [2.75, 3.05) is 10.2 Å². The first-order valence-corrected chi connectivity index (χ1v) is 12.1. The lowest BCUT2D eigenvalue weighted by Crippen LogP contribution is -2.45. The van der Waals surface area contributed by atoms with Crippen molar-refractivity contribution in [3.63, 3.8) is 0 Å². The van der Waals surface area contributed by atoms with Crippen LogP contribution < -0.4 is 10.2 Å². The second kappa shape index (κ2) is 9.80. The van der Waals surface area contributed by atoms with Crippen LogP contribution in [-0.2, 0) is 0 Å². The predicted octanol–water partition coefficient (Wildman–Crippen LogP) is 6.75. The average Bonchev–Trinajstić information content (AvgIpc) is 3.26. The molecule has 0 spiro atoms. The molecule has 4 aromatic rings. The summed E-state index contributed by atoms with van der Waals surface area (Å²) in [5.41, 5.74) is 2.07. The molecule has 0 bridgehead atoms. The number of urea groups is 1. The number of aromatic nitrogens is 2. The van der Waals surface area contributed by atoms with Crippen LogP contribution in [0.15, 0.2) is 72.8 Å². The molecule has 1 aliphatic rings. The number of hydrogen-bond donors (Lipinski definition) is 2. The first-order valence-electron chi connectivity index (χ1n) is 11.7. The molecule has 1 fully saturated rings. The third-order valence-corrected chi connectivity index (χ3v) is 6.71. The Hall–Kier alpha value is -3.84. The molecule has 1 saturated carbocycles. The van der Waals surface area contributed by atoms with E-state index in [0.29, 0.717) is 11.5 Å². The monoisotopic (exact) mass is 488 g/mol. The maximum absolute atomic E-state index is 13.9. The molecule has 2 amide bonds.